The van der Waals surface area contributed by atoms with Crippen LogP contribution in [0.2, 0.25) is 0 Å². The largest absolute Gasteiger partial charge is 0.528 e. The van der Waals surface area contributed by atoms with Gasteiger partial charge >= 0.3 is 51.6 Å². The predicted octanol–water partition coefficient (Wildman–Crippen LogP) is 8.04. The van der Waals surface area contributed by atoms with E-state index in [1.807, 2.05) is 62.4 Å². The van der Waals surface area contributed by atoms with Gasteiger partial charge in [-0.3, -0.25) is 0 Å². The number of halogens is 2. The molecule has 0 radical (unpaired) electrons. The van der Waals surface area contributed by atoms with Gasteiger partial charge in [-0.25, -0.2) is 0 Å². The van der Waals surface area contributed by atoms with Gasteiger partial charge in [0.25, 0.3) is 0 Å². The molecule has 0 unspecified atom stereocenters. The van der Waals surface area contributed by atoms with Crippen LogP contribution in [-0.4, -0.2) is 8.92 Å². The Hall–Kier alpha value is -2.16. The van der Waals surface area contributed by atoms with Crippen LogP contribution in [0.3, 0.4) is 0 Å². The van der Waals surface area contributed by atoms with E-state index < -0.39 is 15.3 Å². The van der Waals surface area contributed by atoms with E-state index in [2.05, 4.69) is 48.5 Å². The molecule has 4 heteroatoms. The number of hydrogen-bond acceptors (Lipinski definition) is 1. The molecule has 0 aromatic heterocycles. The molecule has 1 N–H and O–H groups in total. The first kappa shape index (κ1) is 24.5. The van der Waals surface area contributed by atoms with Gasteiger partial charge in [0.05, 0.1) is 0 Å². The first-order valence-electron chi connectivity index (χ1n) is 10.3. The average molecular weight is 495 g/mol. The van der Waals surface area contributed by atoms with Crippen molar-refractivity contribution in [1.82, 2.24) is 0 Å². The third-order valence-corrected chi connectivity index (χ3v) is 9.16. The minimum Gasteiger partial charge on any atom is -0.528 e. The summed E-state index contributed by atoms with van der Waals surface area (Å²) in [5.74, 6) is 0.182. The molecule has 162 valence electrons. The summed E-state index contributed by atoms with van der Waals surface area (Å²) >= 11 is -1.60. The van der Waals surface area contributed by atoms with Crippen molar-refractivity contribution < 1.29 is 20.4 Å². The molecule has 1 nitrogen and oxygen atoms in total. The van der Waals surface area contributed by atoms with Crippen molar-refractivity contribution in [3.63, 3.8) is 0 Å². The molecule has 0 heterocycles. The summed E-state index contributed by atoms with van der Waals surface area (Å²) in [5, 5.41) is 9.22. The van der Waals surface area contributed by atoms with E-state index in [0.29, 0.717) is 0 Å². The first-order valence-corrected chi connectivity index (χ1v) is 15.4. The fraction of sp³-hybridized carbons (Fsp3) is 0.107. The number of fused-ring (bicyclic) bond motifs is 3. The Morgan fingerprint density at radius 2 is 1.47 bits per heavy atom. The molecule has 0 aliphatic heterocycles. The monoisotopic (exact) mass is 494 g/mol. The van der Waals surface area contributed by atoms with Crippen LogP contribution in [0.1, 0.15) is 25.0 Å². The van der Waals surface area contributed by atoms with Gasteiger partial charge in [-0.1, -0.05) is 77.4 Å². The second-order valence-corrected chi connectivity index (χ2v) is 13.8. The number of phenolic OH excluding ortho intramolecular Hbond substituents is 1. The van der Waals surface area contributed by atoms with E-state index >= 15 is 0 Å². The van der Waals surface area contributed by atoms with Crippen molar-refractivity contribution in [3.8, 4) is 28.0 Å². The Kier molecular flexibility index (Phi) is 9.32. The van der Waals surface area contributed by atoms with Crippen LogP contribution in [-0.2, 0) is 21.7 Å². The Balaban J connectivity index is 0.000000146. The van der Waals surface area contributed by atoms with Gasteiger partial charge < -0.3 is 5.11 Å². The molecule has 0 saturated carbocycles. The van der Waals surface area contributed by atoms with E-state index in [1.165, 1.54) is 26.1 Å². The minimum atomic E-state index is -1.60. The van der Waals surface area contributed by atoms with Crippen LogP contribution in [0, 0.1) is 12.1 Å². The maximum Gasteiger partial charge on any atom is 0.0334 e. The van der Waals surface area contributed by atoms with Crippen LogP contribution >= 0.6 is 18.6 Å². The molecule has 4 aromatic carbocycles. The minimum absolute atomic E-state index is 0.182. The van der Waals surface area contributed by atoms with Gasteiger partial charge in [0.2, 0.25) is 0 Å². The third-order valence-electron chi connectivity index (χ3n) is 4.86. The molecule has 0 saturated heterocycles. The van der Waals surface area contributed by atoms with Gasteiger partial charge in [0, 0.05) is 5.75 Å². The van der Waals surface area contributed by atoms with Crippen molar-refractivity contribution in [2.24, 2.45) is 0 Å². The van der Waals surface area contributed by atoms with E-state index in [-0.39, 0.29) is 5.75 Å². The molecule has 0 amide bonds. The quantitative estimate of drug-likeness (QED) is 0.184. The zero-order valence-corrected chi connectivity index (χ0v) is 21.1. The van der Waals surface area contributed by atoms with Crippen molar-refractivity contribution in [3.05, 3.63) is 114 Å². The molecule has 1 aliphatic carbocycles. The van der Waals surface area contributed by atoms with Crippen LogP contribution in [0.5, 0.6) is 5.75 Å². The summed E-state index contributed by atoms with van der Waals surface area (Å²) in [6, 6.07) is 36.2. The number of aromatic hydroxyl groups is 1. The second-order valence-electron chi connectivity index (χ2n) is 7.47. The predicted molar refractivity (Wildman–Crippen MR) is 134 cm³/mol. The maximum atomic E-state index is 9.22. The zero-order valence-electron chi connectivity index (χ0n) is 18.1. The second kappa shape index (κ2) is 12.2. The van der Waals surface area contributed by atoms with E-state index in [9.17, 15) is 5.11 Å². The average Bonchev–Trinajstić information content (AvgIpc) is 3.19. The Morgan fingerprint density at radius 1 is 0.812 bits per heavy atom. The topological polar surface area (TPSA) is 20.2 Å². The van der Waals surface area contributed by atoms with Crippen LogP contribution in [0.25, 0.3) is 22.3 Å². The number of rotatable bonds is 1. The molecular weight excluding hydrogens is 471 g/mol. The molecule has 0 bridgehead atoms. The van der Waals surface area contributed by atoms with Gasteiger partial charge in [0.1, 0.15) is 0 Å². The van der Waals surface area contributed by atoms with Crippen molar-refractivity contribution in [1.29, 1.82) is 0 Å². The van der Waals surface area contributed by atoms with Crippen LogP contribution in [0.15, 0.2) is 91.0 Å². The van der Waals surface area contributed by atoms with Crippen molar-refractivity contribution in [2.45, 2.75) is 20.3 Å². The van der Waals surface area contributed by atoms with E-state index in [4.69, 9.17) is 18.6 Å². The summed E-state index contributed by atoms with van der Waals surface area (Å²) in [6.45, 7) is 3.94. The summed E-state index contributed by atoms with van der Waals surface area (Å²) < 4.78 is 1.21. The summed E-state index contributed by atoms with van der Waals surface area (Å²) in [5.41, 5.74) is 7.50. The molecule has 5 rings (SSSR count). The molecule has 32 heavy (non-hydrogen) atoms. The summed E-state index contributed by atoms with van der Waals surface area (Å²) in [4.78, 5) is 0. The van der Waals surface area contributed by atoms with Gasteiger partial charge in [-0.15, -0.1) is 29.3 Å². The Labute approximate surface area is 204 Å². The van der Waals surface area contributed by atoms with Gasteiger partial charge in [-0.05, 0) is 6.42 Å². The fourth-order valence-electron chi connectivity index (χ4n) is 3.24. The van der Waals surface area contributed by atoms with Crippen LogP contribution < -0.4 is 0 Å². The normalized spacial score (nSPS) is 10.5. The molecule has 0 spiro atoms. The molecule has 1 aliphatic rings. The van der Waals surface area contributed by atoms with Gasteiger partial charge in [-0.2, -0.15) is 29.8 Å². The Bertz CT molecular complexity index is 1140. The molecule has 4 aromatic rings. The zero-order chi connectivity index (χ0) is 22.9. The van der Waals surface area contributed by atoms with E-state index in [1.54, 1.807) is 6.07 Å². The fourth-order valence-corrected chi connectivity index (χ4v) is 3.24. The number of hydrogen-bond donors (Lipinski definition) is 1. The summed E-state index contributed by atoms with van der Waals surface area (Å²) in [7, 11) is 11.0. The van der Waals surface area contributed by atoms with Crippen molar-refractivity contribution in [2.75, 3.05) is 0 Å². The number of phenols is 1. The molecule has 0 atom stereocenters. The standard InChI is InChI=1S/C13H9.C12H9O.C3H6.2ClH.Ti/c1-3-7-12-10(5-1)9-11-6-2-4-8-13(11)12;13-12-8-4-7-11(9-12)10-5-2-1-3-6-10;1-3-2;;;/h1-5,7-8H,9H2;1-8,13H;1-2H3;2*1H;/q2*-1;;;;+2/p-2. The SMILES string of the molecule is C[C](C)=[Ti]([Cl])[Cl].Oc1[c-]c(-c2ccccc2)ccc1.[c-]1cccc2c1Cc1ccccc1-2. The van der Waals surface area contributed by atoms with E-state index in [0.717, 1.165) is 17.5 Å². The molecule has 0 fully saturated rings. The Morgan fingerprint density at radius 3 is 2.16 bits per heavy atom. The third kappa shape index (κ3) is 6.92. The molecular formula is C28H24Cl2OTi-2. The first-order chi connectivity index (χ1) is 15.5. The summed E-state index contributed by atoms with van der Waals surface area (Å²) in [6.07, 6.45) is 1.05. The number of benzene rings is 4. The van der Waals surface area contributed by atoms with Gasteiger partial charge in [0.15, 0.2) is 0 Å². The smallest absolute Gasteiger partial charge is 0.0334 e. The van der Waals surface area contributed by atoms with Crippen molar-refractivity contribution >= 4 is 22.4 Å². The van der Waals surface area contributed by atoms with Crippen LogP contribution in [0.4, 0.5) is 0 Å². The maximum absolute atomic E-state index is 9.22.